The number of amides is 1. The summed E-state index contributed by atoms with van der Waals surface area (Å²) in [5.74, 6) is -0.754. The first kappa shape index (κ1) is 22.7. The molecule has 2 saturated heterocycles. The van der Waals surface area contributed by atoms with Gasteiger partial charge in [-0.2, -0.15) is 0 Å². The maximum Gasteiger partial charge on any atom is 0.411 e. The summed E-state index contributed by atoms with van der Waals surface area (Å²) < 4.78 is 19.5. The summed E-state index contributed by atoms with van der Waals surface area (Å²) in [4.78, 5) is 23.2. The van der Waals surface area contributed by atoms with E-state index in [1.807, 2.05) is 0 Å². The normalized spacial score (nSPS) is 28.2. The van der Waals surface area contributed by atoms with Crippen molar-refractivity contribution in [2.75, 3.05) is 12.3 Å². The standard InChI is InChI=1S/C21H31N5O6/c1-10(28)12-7-11(17-23-9-24-18(22)26(12)17)14-16-15(30-21(5,6)31-16)13(8-27)25(14)19(29)32-20(2,3)4/h7,9-10,13-16,27-28H,8H2,1-6H3,(H2,22,23,24)/t10?,13-,14+,15-,16+/m1/s1. The summed E-state index contributed by atoms with van der Waals surface area (Å²) >= 11 is 0. The molecule has 32 heavy (non-hydrogen) atoms. The van der Waals surface area contributed by atoms with E-state index in [9.17, 15) is 15.0 Å². The fourth-order valence-corrected chi connectivity index (χ4v) is 4.60. The number of hydrogen-bond donors (Lipinski definition) is 3. The summed E-state index contributed by atoms with van der Waals surface area (Å²) in [5.41, 5.74) is 6.83. The van der Waals surface area contributed by atoms with E-state index in [1.54, 1.807) is 52.0 Å². The van der Waals surface area contributed by atoms with Gasteiger partial charge in [0, 0.05) is 5.56 Å². The van der Waals surface area contributed by atoms with Gasteiger partial charge in [0.2, 0.25) is 5.95 Å². The highest BCUT2D eigenvalue weighted by molar-refractivity contribution is 5.72. The molecule has 4 rings (SSSR count). The van der Waals surface area contributed by atoms with Gasteiger partial charge < -0.3 is 30.2 Å². The Kier molecular flexibility index (Phi) is 5.36. The van der Waals surface area contributed by atoms with Crippen LogP contribution in [0.5, 0.6) is 0 Å². The molecule has 11 nitrogen and oxygen atoms in total. The number of aliphatic hydroxyl groups excluding tert-OH is 2. The molecule has 5 atom stereocenters. The van der Waals surface area contributed by atoms with Gasteiger partial charge >= 0.3 is 6.09 Å². The maximum atomic E-state index is 13.3. The molecule has 0 bridgehead atoms. The van der Waals surface area contributed by atoms with Gasteiger partial charge in [-0.3, -0.25) is 9.30 Å². The Balaban J connectivity index is 1.91. The van der Waals surface area contributed by atoms with Gasteiger partial charge in [-0.25, -0.2) is 14.8 Å². The van der Waals surface area contributed by atoms with E-state index in [2.05, 4.69) is 9.97 Å². The highest BCUT2D eigenvalue weighted by Crippen LogP contribution is 2.49. The largest absolute Gasteiger partial charge is 0.444 e. The molecule has 0 aliphatic carbocycles. The molecule has 176 valence electrons. The number of fused-ring (bicyclic) bond motifs is 2. The maximum absolute atomic E-state index is 13.3. The molecule has 11 heteroatoms. The van der Waals surface area contributed by atoms with E-state index in [0.717, 1.165) is 0 Å². The summed E-state index contributed by atoms with van der Waals surface area (Å²) in [6.45, 7) is 10.1. The van der Waals surface area contributed by atoms with Crippen LogP contribution in [0, 0.1) is 0 Å². The molecular weight excluding hydrogens is 418 g/mol. The van der Waals surface area contributed by atoms with Crippen LogP contribution in [0.15, 0.2) is 12.4 Å². The van der Waals surface area contributed by atoms with Crippen LogP contribution in [0.1, 0.15) is 64.9 Å². The zero-order valence-corrected chi connectivity index (χ0v) is 19.1. The Labute approximate surface area is 186 Å². The van der Waals surface area contributed by atoms with Crippen LogP contribution in [0.2, 0.25) is 0 Å². The van der Waals surface area contributed by atoms with Crippen LogP contribution in [0.25, 0.3) is 5.65 Å². The Hall–Kier alpha value is -2.47. The number of anilines is 1. The first-order chi connectivity index (χ1) is 14.8. The topological polar surface area (TPSA) is 145 Å². The average molecular weight is 450 g/mol. The third-order valence-electron chi connectivity index (χ3n) is 5.68. The van der Waals surface area contributed by atoms with Crippen molar-refractivity contribution in [3.05, 3.63) is 23.7 Å². The van der Waals surface area contributed by atoms with Crippen molar-refractivity contribution in [3.63, 3.8) is 0 Å². The van der Waals surface area contributed by atoms with Crippen molar-refractivity contribution in [1.82, 2.24) is 19.3 Å². The van der Waals surface area contributed by atoms with E-state index in [4.69, 9.17) is 19.9 Å². The van der Waals surface area contributed by atoms with Crippen molar-refractivity contribution < 1.29 is 29.2 Å². The molecule has 2 aliphatic heterocycles. The minimum atomic E-state index is -0.905. The second kappa shape index (κ2) is 7.55. The number of rotatable bonds is 3. The van der Waals surface area contributed by atoms with Gasteiger partial charge in [0.25, 0.3) is 0 Å². The molecule has 4 heterocycles. The van der Waals surface area contributed by atoms with Crippen LogP contribution < -0.4 is 5.73 Å². The second-order valence-electron chi connectivity index (χ2n) is 9.74. The lowest BCUT2D eigenvalue weighted by Crippen LogP contribution is -2.47. The molecule has 0 radical (unpaired) electrons. The molecule has 1 unspecified atom stereocenters. The Morgan fingerprint density at radius 3 is 2.56 bits per heavy atom. The van der Waals surface area contributed by atoms with Crippen LogP contribution in [-0.2, 0) is 14.2 Å². The minimum absolute atomic E-state index is 0.151. The molecule has 1 amide bonds. The van der Waals surface area contributed by atoms with Crippen LogP contribution in [-0.4, -0.2) is 71.8 Å². The lowest BCUT2D eigenvalue weighted by atomic mass is 10.0. The van der Waals surface area contributed by atoms with E-state index >= 15 is 0 Å². The number of aliphatic hydroxyl groups is 2. The number of nitrogens with two attached hydrogens (primary N) is 1. The SMILES string of the molecule is CC(O)c1cc([C@H]2[C@@H]3OC(C)(C)O[C@@H]3[C@@H](CO)N2C(=O)OC(C)(C)C)c2ncnc(N)n12. The summed E-state index contributed by atoms with van der Waals surface area (Å²) in [6, 6.07) is 0.329. The summed E-state index contributed by atoms with van der Waals surface area (Å²) in [7, 11) is 0. The monoisotopic (exact) mass is 449 g/mol. The molecule has 0 aromatic carbocycles. The van der Waals surface area contributed by atoms with Crippen LogP contribution >= 0.6 is 0 Å². The predicted octanol–water partition coefficient (Wildman–Crippen LogP) is 1.54. The highest BCUT2D eigenvalue weighted by atomic mass is 16.8. The number of hydrogen-bond acceptors (Lipinski definition) is 9. The predicted molar refractivity (Wildman–Crippen MR) is 114 cm³/mol. The van der Waals surface area contributed by atoms with Crippen LogP contribution in [0.3, 0.4) is 0 Å². The molecule has 2 fully saturated rings. The molecule has 4 N–H and O–H groups in total. The van der Waals surface area contributed by atoms with Gasteiger partial charge in [-0.15, -0.1) is 0 Å². The number of carbonyl (C=O) groups is 1. The third kappa shape index (κ3) is 3.68. The fraction of sp³-hybridized carbons (Fsp3) is 0.667. The van der Waals surface area contributed by atoms with Crippen molar-refractivity contribution in [2.45, 2.75) is 83.3 Å². The molecule has 2 aromatic rings. The van der Waals surface area contributed by atoms with Gasteiger partial charge in [0.15, 0.2) is 5.79 Å². The van der Waals surface area contributed by atoms with E-state index in [1.165, 1.54) is 11.2 Å². The second-order valence-corrected chi connectivity index (χ2v) is 9.74. The lowest BCUT2D eigenvalue weighted by Gasteiger charge is -2.34. The summed E-state index contributed by atoms with van der Waals surface area (Å²) in [6.07, 6.45) is -1.34. The Bertz CT molecular complexity index is 1030. The van der Waals surface area contributed by atoms with Crippen molar-refractivity contribution in [3.8, 4) is 0 Å². The number of nitrogen functional groups attached to an aromatic ring is 1. The first-order valence-corrected chi connectivity index (χ1v) is 10.6. The number of aromatic nitrogens is 3. The van der Waals surface area contributed by atoms with E-state index in [0.29, 0.717) is 16.9 Å². The summed E-state index contributed by atoms with van der Waals surface area (Å²) in [5, 5.41) is 20.6. The van der Waals surface area contributed by atoms with E-state index in [-0.39, 0.29) is 12.6 Å². The molecule has 2 aromatic heterocycles. The lowest BCUT2D eigenvalue weighted by molar-refractivity contribution is -0.168. The number of carbonyl (C=O) groups excluding carboxylic acids is 1. The van der Waals surface area contributed by atoms with Crippen molar-refractivity contribution >= 4 is 17.7 Å². The Morgan fingerprint density at radius 1 is 1.31 bits per heavy atom. The van der Waals surface area contributed by atoms with E-state index < -0.39 is 47.9 Å². The number of ether oxygens (including phenoxy) is 3. The van der Waals surface area contributed by atoms with Crippen molar-refractivity contribution in [1.29, 1.82) is 0 Å². The van der Waals surface area contributed by atoms with Gasteiger partial charge in [0.05, 0.1) is 30.5 Å². The number of nitrogens with zero attached hydrogens (tertiary/aromatic N) is 4. The van der Waals surface area contributed by atoms with Crippen LogP contribution in [0.4, 0.5) is 10.7 Å². The van der Waals surface area contributed by atoms with Gasteiger partial charge in [-0.1, -0.05) is 0 Å². The van der Waals surface area contributed by atoms with Gasteiger partial charge in [0.1, 0.15) is 29.8 Å². The third-order valence-corrected chi connectivity index (χ3v) is 5.68. The van der Waals surface area contributed by atoms with Gasteiger partial charge in [-0.05, 0) is 47.6 Å². The molecule has 0 spiro atoms. The highest BCUT2D eigenvalue weighted by Gasteiger charge is 2.60. The molecular formula is C21H31N5O6. The fourth-order valence-electron chi connectivity index (χ4n) is 4.60. The first-order valence-electron chi connectivity index (χ1n) is 10.6. The number of likely N-dealkylation sites (tertiary alicyclic amines) is 1. The molecule has 0 saturated carbocycles. The zero-order chi connectivity index (χ0) is 23.6. The van der Waals surface area contributed by atoms with Crippen molar-refractivity contribution in [2.24, 2.45) is 0 Å². The smallest absolute Gasteiger partial charge is 0.411 e. The zero-order valence-electron chi connectivity index (χ0n) is 19.1. The molecule has 2 aliphatic rings. The minimum Gasteiger partial charge on any atom is -0.444 e. The quantitative estimate of drug-likeness (QED) is 0.635. The Morgan fingerprint density at radius 2 is 1.97 bits per heavy atom. The average Bonchev–Trinajstić information content (AvgIpc) is 3.27.